The molecule has 0 saturated carbocycles. The standard InChI is InChI=1S/C24H18O6.K/c25-23(26)19-3-1-17-13-21(7-5-15(17)11-19)29-9-10-30-22-8-6-16-12-20(24(27)28)4-2-18(16)14-22;/h1-8,11-14H,9-10H2,(H,25,26)(H,27,28);/q;+1/p-1. The Morgan fingerprint density at radius 3 is 1.58 bits per heavy atom. The quantitative estimate of drug-likeness (QED) is 0.333. The van der Waals surface area contributed by atoms with E-state index in [1.54, 1.807) is 48.5 Å². The molecule has 4 aromatic rings. The number of hydrogen-bond acceptors (Lipinski definition) is 5. The van der Waals surface area contributed by atoms with Gasteiger partial charge in [0, 0.05) is 0 Å². The number of rotatable bonds is 7. The monoisotopic (exact) mass is 440 g/mol. The van der Waals surface area contributed by atoms with Crippen molar-refractivity contribution in [2.45, 2.75) is 0 Å². The largest absolute Gasteiger partial charge is 1.00 e. The zero-order valence-electron chi connectivity index (χ0n) is 16.8. The van der Waals surface area contributed by atoms with Crippen LogP contribution in [0.5, 0.6) is 11.5 Å². The number of benzene rings is 4. The summed E-state index contributed by atoms with van der Waals surface area (Å²) >= 11 is 0. The van der Waals surface area contributed by atoms with Crippen molar-refractivity contribution in [3.05, 3.63) is 83.9 Å². The van der Waals surface area contributed by atoms with Gasteiger partial charge in [-0.1, -0.05) is 30.3 Å². The molecule has 7 heteroatoms. The minimum Gasteiger partial charge on any atom is -0.545 e. The van der Waals surface area contributed by atoms with Gasteiger partial charge in [-0.15, -0.1) is 0 Å². The van der Waals surface area contributed by atoms with E-state index in [0.29, 0.717) is 24.7 Å². The van der Waals surface area contributed by atoms with E-state index in [1.807, 2.05) is 18.2 Å². The molecule has 0 fully saturated rings. The molecule has 0 unspecified atom stereocenters. The molecule has 0 spiro atoms. The number of aromatic carboxylic acids is 2. The molecule has 0 aliphatic heterocycles. The van der Waals surface area contributed by atoms with Crippen molar-refractivity contribution in [3.8, 4) is 11.5 Å². The van der Waals surface area contributed by atoms with Crippen molar-refractivity contribution in [3.63, 3.8) is 0 Å². The second kappa shape index (κ2) is 10.3. The van der Waals surface area contributed by atoms with E-state index >= 15 is 0 Å². The first kappa shape index (κ1) is 23.2. The second-order valence-corrected chi connectivity index (χ2v) is 6.74. The summed E-state index contributed by atoms with van der Waals surface area (Å²) in [6, 6.07) is 20.6. The van der Waals surface area contributed by atoms with Gasteiger partial charge in [-0.25, -0.2) is 4.79 Å². The minimum absolute atomic E-state index is 0. The zero-order valence-corrected chi connectivity index (χ0v) is 20.0. The normalized spacial score (nSPS) is 10.5. The average Bonchev–Trinajstić information content (AvgIpc) is 2.75. The third-order valence-electron chi connectivity index (χ3n) is 4.73. The van der Waals surface area contributed by atoms with Gasteiger partial charge >= 0.3 is 57.4 Å². The number of fused-ring (bicyclic) bond motifs is 2. The van der Waals surface area contributed by atoms with Gasteiger partial charge in [0.2, 0.25) is 0 Å². The topological polar surface area (TPSA) is 95.9 Å². The van der Waals surface area contributed by atoms with Gasteiger partial charge < -0.3 is 24.5 Å². The maximum Gasteiger partial charge on any atom is 1.00 e. The van der Waals surface area contributed by atoms with Crippen molar-refractivity contribution < 1.29 is 80.7 Å². The van der Waals surface area contributed by atoms with Gasteiger partial charge in [0.05, 0.1) is 11.5 Å². The van der Waals surface area contributed by atoms with E-state index < -0.39 is 11.9 Å². The molecule has 4 rings (SSSR count). The summed E-state index contributed by atoms with van der Waals surface area (Å²) in [6.45, 7) is 0.666. The molecule has 0 amide bonds. The molecular formula is C24H17KO6. The molecule has 1 N–H and O–H groups in total. The van der Waals surface area contributed by atoms with Crippen LogP contribution in [0.4, 0.5) is 0 Å². The molecule has 0 atom stereocenters. The Bertz CT molecular complexity index is 1170. The number of carboxylic acids is 2. The Hall–Kier alpha value is -2.42. The van der Waals surface area contributed by atoms with E-state index in [1.165, 1.54) is 6.07 Å². The molecule has 0 bridgehead atoms. The smallest absolute Gasteiger partial charge is 0.545 e. The van der Waals surface area contributed by atoms with Crippen LogP contribution >= 0.6 is 0 Å². The van der Waals surface area contributed by atoms with E-state index in [9.17, 15) is 14.7 Å². The number of ether oxygens (including phenoxy) is 2. The first-order chi connectivity index (χ1) is 14.5. The molecule has 6 nitrogen and oxygen atoms in total. The Morgan fingerprint density at radius 2 is 1.10 bits per heavy atom. The Balaban J connectivity index is 0.00000272. The van der Waals surface area contributed by atoms with Gasteiger partial charge in [0.15, 0.2) is 0 Å². The number of hydrogen-bond donors (Lipinski definition) is 1. The van der Waals surface area contributed by atoms with Crippen LogP contribution in [0.15, 0.2) is 72.8 Å². The summed E-state index contributed by atoms with van der Waals surface area (Å²) in [6.07, 6.45) is 0. The van der Waals surface area contributed by atoms with E-state index in [2.05, 4.69) is 0 Å². The van der Waals surface area contributed by atoms with Crippen LogP contribution in [0.3, 0.4) is 0 Å². The van der Waals surface area contributed by atoms with E-state index in [0.717, 1.165) is 21.5 Å². The molecule has 31 heavy (non-hydrogen) atoms. The molecule has 0 aliphatic rings. The van der Waals surface area contributed by atoms with E-state index in [-0.39, 0.29) is 62.5 Å². The predicted octanol–water partition coefficient (Wildman–Crippen LogP) is 0.516. The summed E-state index contributed by atoms with van der Waals surface area (Å²) in [7, 11) is 0. The van der Waals surface area contributed by atoms with Gasteiger partial charge in [0.1, 0.15) is 24.7 Å². The maximum atomic E-state index is 11.1. The summed E-state index contributed by atoms with van der Waals surface area (Å²) < 4.78 is 11.5. The third kappa shape index (κ3) is 5.64. The molecule has 0 heterocycles. The second-order valence-electron chi connectivity index (χ2n) is 6.74. The number of carbonyl (C=O) groups excluding carboxylic acids is 1. The van der Waals surface area contributed by atoms with Crippen molar-refractivity contribution in [1.82, 2.24) is 0 Å². The maximum absolute atomic E-state index is 11.1. The van der Waals surface area contributed by atoms with Crippen molar-refractivity contribution in [2.75, 3.05) is 13.2 Å². The fourth-order valence-corrected chi connectivity index (χ4v) is 3.21. The summed E-state index contributed by atoms with van der Waals surface area (Å²) in [4.78, 5) is 22.0. The van der Waals surface area contributed by atoms with Crippen LogP contribution in [0.1, 0.15) is 20.7 Å². The van der Waals surface area contributed by atoms with Crippen LogP contribution in [-0.4, -0.2) is 30.3 Å². The first-order valence-corrected chi connectivity index (χ1v) is 9.27. The van der Waals surface area contributed by atoms with Crippen LogP contribution in [-0.2, 0) is 0 Å². The molecule has 0 radical (unpaired) electrons. The average molecular weight is 440 g/mol. The zero-order chi connectivity index (χ0) is 21.1. The number of carbonyl (C=O) groups is 2. The van der Waals surface area contributed by atoms with Gasteiger partial charge in [-0.2, -0.15) is 0 Å². The van der Waals surface area contributed by atoms with Gasteiger partial charge in [-0.05, 0) is 69.6 Å². The van der Waals surface area contributed by atoms with Crippen molar-refractivity contribution >= 4 is 33.5 Å². The molecule has 150 valence electrons. The van der Waals surface area contributed by atoms with Crippen molar-refractivity contribution in [1.29, 1.82) is 0 Å². The fourth-order valence-electron chi connectivity index (χ4n) is 3.21. The third-order valence-corrected chi connectivity index (χ3v) is 4.73. The molecular weight excluding hydrogens is 423 g/mol. The predicted molar refractivity (Wildman–Crippen MR) is 110 cm³/mol. The molecule has 0 aliphatic carbocycles. The van der Waals surface area contributed by atoms with Crippen LogP contribution in [0, 0.1) is 0 Å². The summed E-state index contributed by atoms with van der Waals surface area (Å²) in [5.41, 5.74) is 0.384. The Morgan fingerprint density at radius 1 is 0.677 bits per heavy atom. The van der Waals surface area contributed by atoms with Gasteiger partial charge in [0.25, 0.3) is 0 Å². The number of carboxylic acid groups (broad SMARTS) is 2. The van der Waals surface area contributed by atoms with Gasteiger partial charge in [-0.3, -0.25) is 0 Å². The van der Waals surface area contributed by atoms with Crippen LogP contribution < -0.4 is 66.0 Å². The molecule has 4 aromatic carbocycles. The first-order valence-electron chi connectivity index (χ1n) is 9.27. The van der Waals surface area contributed by atoms with Crippen LogP contribution in [0.2, 0.25) is 0 Å². The van der Waals surface area contributed by atoms with E-state index in [4.69, 9.17) is 14.6 Å². The van der Waals surface area contributed by atoms with Crippen LogP contribution in [0.25, 0.3) is 21.5 Å². The SMILES string of the molecule is O=C([O-])c1ccc2cc(OCCOc3ccc4cc(C(=O)O)ccc4c3)ccc2c1.[K+]. The molecule has 0 aromatic heterocycles. The summed E-state index contributed by atoms with van der Waals surface area (Å²) in [5, 5.41) is 23.4. The van der Waals surface area contributed by atoms with Crippen molar-refractivity contribution in [2.24, 2.45) is 0 Å². The Labute approximate surface area is 220 Å². The Kier molecular flexibility index (Phi) is 7.69. The minimum atomic E-state index is -1.20. The molecule has 0 saturated heterocycles. The summed E-state index contributed by atoms with van der Waals surface area (Å²) in [5.74, 6) is -0.831. The fraction of sp³-hybridized carbons (Fsp3) is 0.0833.